The lowest BCUT2D eigenvalue weighted by molar-refractivity contribution is 0.0600. The average Bonchev–Trinajstić information content (AvgIpc) is 2.74. The van der Waals surface area contributed by atoms with E-state index in [-0.39, 0.29) is 5.91 Å². The van der Waals surface area contributed by atoms with Gasteiger partial charge in [0.25, 0.3) is 5.91 Å². The number of carbonyl (C=O) groups excluding carboxylic acids is 2. The van der Waals surface area contributed by atoms with Crippen LogP contribution in [0.3, 0.4) is 0 Å². The van der Waals surface area contributed by atoms with E-state index in [4.69, 9.17) is 0 Å². The quantitative estimate of drug-likeness (QED) is 0.607. The Morgan fingerprint density at radius 2 is 1.62 bits per heavy atom. The maximum Gasteiger partial charge on any atom is 0.337 e. The minimum Gasteiger partial charge on any atom is -0.465 e. The first-order chi connectivity index (χ1) is 14.0. The Kier molecular flexibility index (Phi) is 6.19. The zero-order valence-corrected chi connectivity index (χ0v) is 16.5. The lowest BCUT2D eigenvalue weighted by Gasteiger charge is -2.09. The van der Waals surface area contributed by atoms with Crippen molar-refractivity contribution in [2.45, 2.75) is 19.8 Å². The van der Waals surface area contributed by atoms with Crippen LogP contribution >= 0.6 is 0 Å². The Bertz CT molecular complexity index is 999. The standard InChI is InChI=1S/C22H22N4O3/c1-14(2)15-7-9-18(10-8-15)26-22-23-12-17(13-24-22)20(27)25-19-6-4-5-16(11-19)21(28)29-3/h4-14H,1-3H3,(H,25,27)(H,23,24,26). The van der Waals surface area contributed by atoms with Crippen LogP contribution in [-0.4, -0.2) is 29.0 Å². The summed E-state index contributed by atoms with van der Waals surface area (Å²) in [6.45, 7) is 4.28. The molecule has 0 fully saturated rings. The van der Waals surface area contributed by atoms with Crippen molar-refractivity contribution < 1.29 is 14.3 Å². The molecule has 0 saturated carbocycles. The number of hydrogen-bond donors (Lipinski definition) is 2. The van der Waals surface area contributed by atoms with Crippen molar-refractivity contribution in [3.8, 4) is 0 Å². The van der Waals surface area contributed by atoms with Crippen molar-refractivity contribution in [3.63, 3.8) is 0 Å². The van der Waals surface area contributed by atoms with Crippen LogP contribution in [0.2, 0.25) is 0 Å². The lowest BCUT2D eigenvalue weighted by Crippen LogP contribution is -2.13. The highest BCUT2D eigenvalue weighted by molar-refractivity contribution is 6.04. The first kappa shape index (κ1) is 20.0. The normalized spacial score (nSPS) is 10.5. The first-order valence-electron chi connectivity index (χ1n) is 9.15. The summed E-state index contributed by atoms with van der Waals surface area (Å²) < 4.78 is 4.68. The van der Waals surface area contributed by atoms with Gasteiger partial charge in [0.2, 0.25) is 5.95 Å². The zero-order chi connectivity index (χ0) is 20.8. The summed E-state index contributed by atoms with van der Waals surface area (Å²) in [7, 11) is 1.30. The maximum absolute atomic E-state index is 12.4. The second kappa shape index (κ2) is 8.97. The highest BCUT2D eigenvalue weighted by atomic mass is 16.5. The summed E-state index contributed by atoms with van der Waals surface area (Å²) in [5.74, 6) is 0.0130. The highest BCUT2D eigenvalue weighted by Gasteiger charge is 2.10. The highest BCUT2D eigenvalue weighted by Crippen LogP contribution is 2.19. The summed E-state index contributed by atoms with van der Waals surface area (Å²) in [5.41, 5.74) is 3.25. The molecule has 0 saturated heterocycles. The molecule has 0 aliphatic carbocycles. The van der Waals surface area contributed by atoms with Gasteiger partial charge in [-0.3, -0.25) is 4.79 Å². The second-order valence-electron chi connectivity index (χ2n) is 6.72. The third-order valence-corrected chi connectivity index (χ3v) is 4.29. The van der Waals surface area contributed by atoms with E-state index in [1.54, 1.807) is 24.3 Å². The number of nitrogens with one attached hydrogen (secondary N) is 2. The van der Waals surface area contributed by atoms with Crippen molar-refractivity contribution in [2.24, 2.45) is 0 Å². The van der Waals surface area contributed by atoms with Crippen LogP contribution in [0.4, 0.5) is 17.3 Å². The molecule has 7 nitrogen and oxygen atoms in total. The molecule has 0 radical (unpaired) electrons. The predicted molar refractivity (Wildman–Crippen MR) is 112 cm³/mol. The number of benzene rings is 2. The molecular formula is C22H22N4O3. The first-order valence-corrected chi connectivity index (χ1v) is 9.15. The van der Waals surface area contributed by atoms with Gasteiger partial charge in [-0.25, -0.2) is 14.8 Å². The van der Waals surface area contributed by atoms with Gasteiger partial charge in [0.1, 0.15) is 0 Å². The van der Waals surface area contributed by atoms with Crippen molar-refractivity contribution in [2.75, 3.05) is 17.7 Å². The number of rotatable bonds is 6. The molecule has 1 heterocycles. The average molecular weight is 390 g/mol. The number of ether oxygens (including phenoxy) is 1. The number of carbonyl (C=O) groups is 2. The zero-order valence-electron chi connectivity index (χ0n) is 16.5. The molecule has 0 aliphatic heterocycles. The minimum absolute atomic E-state index is 0.300. The van der Waals surface area contributed by atoms with Crippen LogP contribution in [0.15, 0.2) is 60.9 Å². The smallest absolute Gasteiger partial charge is 0.337 e. The minimum atomic E-state index is -0.471. The molecule has 148 valence electrons. The number of nitrogens with zero attached hydrogens (tertiary/aromatic N) is 2. The summed E-state index contributed by atoms with van der Waals surface area (Å²) in [5, 5.41) is 5.82. The summed E-state index contributed by atoms with van der Waals surface area (Å²) in [6, 6.07) is 14.5. The molecule has 0 bridgehead atoms. The fraction of sp³-hybridized carbons (Fsp3) is 0.182. The molecule has 29 heavy (non-hydrogen) atoms. The van der Waals surface area contributed by atoms with Gasteiger partial charge >= 0.3 is 5.97 Å². The molecule has 3 rings (SSSR count). The van der Waals surface area contributed by atoms with E-state index in [1.807, 2.05) is 12.1 Å². The largest absolute Gasteiger partial charge is 0.465 e. The Morgan fingerprint density at radius 3 is 2.24 bits per heavy atom. The fourth-order valence-corrected chi connectivity index (χ4v) is 2.64. The SMILES string of the molecule is COC(=O)c1cccc(NC(=O)c2cnc(Nc3ccc(C(C)C)cc3)nc2)c1. The molecule has 0 atom stereocenters. The van der Waals surface area contributed by atoms with Crippen LogP contribution < -0.4 is 10.6 Å². The van der Waals surface area contributed by atoms with Gasteiger partial charge < -0.3 is 15.4 Å². The number of aromatic nitrogens is 2. The topological polar surface area (TPSA) is 93.2 Å². The van der Waals surface area contributed by atoms with Crippen LogP contribution in [0, 0.1) is 0 Å². The van der Waals surface area contributed by atoms with E-state index in [0.29, 0.717) is 28.7 Å². The molecular weight excluding hydrogens is 368 g/mol. The third kappa shape index (κ3) is 5.16. The molecule has 3 aromatic rings. The molecule has 2 aromatic carbocycles. The van der Waals surface area contributed by atoms with E-state index >= 15 is 0 Å². The monoisotopic (exact) mass is 390 g/mol. The second-order valence-corrected chi connectivity index (χ2v) is 6.72. The van der Waals surface area contributed by atoms with Gasteiger partial charge in [0, 0.05) is 23.8 Å². The fourth-order valence-electron chi connectivity index (χ4n) is 2.64. The van der Waals surface area contributed by atoms with Gasteiger partial charge in [-0.1, -0.05) is 32.0 Å². The summed E-state index contributed by atoms with van der Waals surface area (Å²) in [4.78, 5) is 32.4. The predicted octanol–water partition coefficient (Wildman–Crippen LogP) is 4.38. The summed E-state index contributed by atoms with van der Waals surface area (Å²) >= 11 is 0. The van der Waals surface area contributed by atoms with E-state index in [0.717, 1.165) is 5.69 Å². The molecule has 7 heteroatoms. The van der Waals surface area contributed by atoms with E-state index in [1.165, 1.54) is 25.1 Å². The summed E-state index contributed by atoms with van der Waals surface area (Å²) in [6.07, 6.45) is 2.88. The van der Waals surface area contributed by atoms with Crippen molar-refractivity contribution in [1.82, 2.24) is 9.97 Å². The van der Waals surface area contributed by atoms with Gasteiger partial charge in [-0.05, 0) is 41.8 Å². The number of hydrogen-bond acceptors (Lipinski definition) is 6. The number of amides is 1. The molecule has 2 N–H and O–H groups in total. The molecule has 0 spiro atoms. The van der Waals surface area contributed by atoms with Gasteiger partial charge in [-0.2, -0.15) is 0 Å². The van der Waals surface area contributed by atoms with Gasteiger partial charge in [0.15, 0.2) is 0 Å². The number of anilines is 3. The van der Waals surface area contributed by atoms with Gasteiger partial charge in [-0.15, -0.1) is 0 Å². The van der Waals surface area contributed by atoms with Crippen LogP contribution in [0.25, 0.3) is 0 Å². The maximum atomic E-state index is 12.4. The third-order valence-electron chi connectivity index (χ3n) is 4.29. The van der Waals surface area contributed by atoms with Gasteiger partial charge in [0.05, 0.1) is 18.2 Å². The van der Waals surface area contributed by atoms with Crippen molar-refractivity contribution >= 4 is 29.2 Å². The Labute approximate surface area is 169 Å². The van der Waals surface area contributed by atoms with Crippen LogP contribution in [0.1, 0.15) is 46.0 Å². The van der Waals surface area contributed by atoms with Crippen LogP contribution in [0.5, 0.6) is 0 Å². The Balaban J connectivity index is 1.65. The van der Waals surface area contributed by atoms with E-state index in [9.17, 15) is 9.59 Å². The number of esters is 1. The van der Waals surface area contributed by atoms with Crippen LogP contribution in [-0.2, 0) is 4.74 Å². The van der Waals surface area contributed by atoms with E-state index < -0.39 is 5.97 Å². The lowest BCUT2D eigenvalue weighted by atomic mass is 10.0. The molecule has 1 amide bonds. The van der Waals surface area contributed by atoms with Crippen molar-refractivity contribution in [3.05, 3.63) is 77.6 Å². The Hall–Kier alpha value is -3.74. The van der Waals surface area contributed by atoms with Crippen molar-refractivity contribution in [1.29, 1.82) is 0 Å². The molecule has 1 aromatic heterocycles. The number of methoxy groups -OCH3 is 1. The molecule has 0 unspecified atom stereocenters. The Morgan fingerprint density at radius 1 is 0.931 bits per heavy atom. The molecule has 0 aliphatic rings. The van der Waals surface area contributed by atoms with E-state index in [2.05, 4.69) is 51.3 Å².